The van der Waals surface area contributed by atoms with Crippen LogP contribution in [0.15, 0.2) is 10.2 Å². The monoisotopic (exact) mass is 286 g/mol. The number of hydrogen-bond donors (Lipinski definition) is 0. The van der Waals surface area contributed by atoms with Gasteiger partial charge in [-0.05, 0) is 30.9 Å². The van der Waals surface area contributed by atoms with Gasteiger partial charge in [-0.3, -0.25) is 0 Å². The molecule has 0 spiro atoms. The van der Waals surface area contributed by atoms with Gasteiger partial charge in [0, 0.05) is 11.5 Å². The molecule has 0 aromatic carbocycles. The Morgan fingerprint density at radius 3 is 2.28 bits per heavy atom. The van der Waals surface area contributed by atoms with E-state index in [1.54, 1.807) is 0 Å². The van der Waals surface area contributed by atoms with E-state index >= 15 is 0 Å². The topological polar surface area (TPSA) is 9.23 Å². The van der Waals surface area contributed by atoms with Crippen molar-refractivity contribution in [2.45, 2.75) is 77.3 Å². The first-order valence-corrected chi connectivity index (χ1v) is 11.3. The molecule has 0 aromatic heterocycles. The molecule has 2 rings (SSSR count). The Balaban J connectivity index is 2.27. The predicted molar refractivity (Wildman–Crippen MR) is 81.8 cm³/mol. The van der Waals surface area contributed by atoms with E-state index in [1.807, 2.05) is 0 Å². The second kappa shape index (κ2) is 5.68. The molecule has 0 aromatic rings. The standard InChI is InChI=1S/C15H27ClOSi/c1-11-10-13(16)15(18(2,3)4)14(17-11)12-8-6-5-7-9-12/h11-12,14H,5-10H2,1-4H3/t11-,14-/m0/s1. The normalized spacial score (nSPS) is 31.8. The Labute approximate surface area is 118 Å². The summed E-state index contributed by atoms with van der Waals surface area (Å²) in [6, 6.07) is 0. The van der Waals surface area contributed by atoms with Gasteiger partial charge in [0.05, 0.1) is 20.3 Å². The highest BCUT2D eigenvalue weighted by Gasteiger charge is 2.39. The van der Waals surface area contributed by atoms with Gasteiger partial charge in [-0.25, -0.2) is 0 Å². The first kappa shape index (κ1) is 14.6. The first-order chi connectivity index (χ1) is 8.39. The molecule has 1 aliphatic heterocycles. The van der Waals surface area contributed by atoms with Crippen molar-refractivity contribution < 1.29 is 4.74 Å². The number of halogens is 1. The van der Waals surface area contributed by atoms with Crippen molar-refractivity contribution in [3.05, 3.63) is 10.2 Å². The lowest BCUT2D eigenvalue weighted by molar-refractivity contribution is -0.0268. The molecule has 1 fully saturated rings. The molecule has 1 saturated carbocycles. The van der Waals surface area contributed by atoms with E-state index in [0.717, 1.165) is 17.4 Å². The highest BCUT2D eigenvalue weighted by molar-refractivity contribution is 6.84. The van der Waals surface area contributed by atoms with Gasteiger partial charge in [-0.1, -0.05) is 50.5 Å². The first-order valence-electron chi connectivity index (χ1n) is 7.44. The van der Waals surface area contributed by atoms with E-state index in [-0.39, 0.29) is 0 Å². The Hall–Kier alpha value is 0.207. The van der Waals surface area contributed by atoms with Gasteiger partial charge in [-0.15, -0.1) is 0 Å². The average molecular weight is 287 g/mol. The average Bonchev–Trinajstić information content (AvgIpc) is 2.27. The summed E-state index contributed by atoms with van der Waals surface area (Å²) in [4.78, 5) is 0. The van der Waals surface area contributed by atoms with Crippen LogP contribution in [0.4, 0.5) is 0 Å². The maximum Gasteiger partial charge on any atom is 0.0796 e. The lowest BCUT2D eigenvalue weighted by Gasteiger charge is -2.42. The van der Waals surface area contributed by atoms with Crippen molar-refractivity contribution in [3.8, 4) is 0 Å². The number of ether oxygens (including phenoxy) is 1. The van der Waals surface area contributed by atoms with Gasteiger partial charge in [0.25, 0.3) is 0 Å². The highest BCUT2D eigenvalue weighted by Crippen LogP contribution is 2.41. The Morgan fingerprint density at radius 1 is 1.11 bits per heavy atom. The van der Waals surface area contributed by atoms with E-state index < -0.39 is 8.07 Å². The molecule has 0 N–H and O–H groups in total. The van der Waals surface area contributed by atoms with E-state index in [2.05, 4.69) is 26.6 Å². The minimum atomic E-state index is -1.37. The zero-order valence-electron chi connectivity index (χ0n) is 12.3. The molecule has 18 heavy (non-hydrogen) atoms. The molecule has 0 saturated heterocycles. The summed E-state index contributed by atoms with van der Waals surface area (Å²) in [5, 5.41) is 2.64. The van der Waals surface area contributed by atoms with E-state index in [9.17, 15) is 0 Å². The van der Waals surface area contributed by atoms with E-state index in [1.165, 1.54) is 37.3 Å². The van der Waals surface area contributed by atoms with Crippen molar-refractivity contribution in [3.63, 3.8) is 0 Å². The van der Waals surface area contributed by atoms with Crippen molar-refractivity contribution in [1.29, 1.82) is 0 Å². The van der Waals surface area contributed by atoms with Crippen molar-refractivity contribution >= 4 is 19.7 Å². The summed E-state index contributed by atoms with van der Waals surface area (Å²) < 4.78 is 6.33. The van der Waals surface area contributed by atoms with Crippen LogP contribution in [0.5, 0.6) is 0 Å². The maximum atomic E-state index is 6.61. The molecule has 2 atom stereocenters. The van der Waals surface area contributed by atoms with Crippen LogP contribution in [0.2, 0.25) is 19.6 Å². The zero-order chi connectivity index (χ0) is 13.3. The molecule has 2 aliphatic rings. The molecular weight excluding hydrogens is 260 g/mol. The summed E-state index contributed by atoms with van der Waals surface area (Å²) in [6.45, 7) is 9.37. The fourth-order valence-electron chi connectivity index (χ4n) is 3.50. The van der Waals surface area contributed by atoms with Crippen molar-refractivity contribution in [2.75, 3.05) is 0 Å². The third kappa shape index (κ3) is 3.20. The van der Waals surface area contributed by atoms with Crippen LogP contribution in [0, 0.1) is 5.92 Å². The third-order valence-electron chi connectivity index (χ3n) is 4.31. The van der Waals surface area contributed by atoms with Crippen LogP contribution < -0.4 is 0 Å². The van der Waals surface area contributed by atoms with Crippen LogP contribution >= 0.6 is 11.6 Å². The molecule has 0 radical (unpaired) electrons. The van der Waals surface area contributed by atoms with Crippen molar-refractivity contribution in [2.24, 2.45) is 5.92 Å². The number of rotatable bonds is 2. The van der Waals surface area contributed by atoms with Crippen LogP contribution in [0.1, 0.15) is 45.4 Å². The molecule has 1 aliphatic carbocycles. The fraction of sp³-hybridized carbons (Fsp3) is 0.867. The Bertz CT molecular complexity index is 326. The third-order valence-corrected chi connectivity index (χ3v) is 7.03. The summed E-state index contributed by atoms with van der Waals surface area (Å²) in [5.41, 5.74) is 0. The van der Waals surface area contributed by atoms with Crippen LogP contribution in [-0.2, 0) is 4.74 Å². The minimum absolute atomic E-state index is 0.296. The zero-order valence-corrected chi connectivity index (χ0v) is 14.0. The van der Waals surface area contributed by atoms with Gasteiger partial charge in [0.1, 0.15) is 0 Å². The smallest absolute Gasteiger partial charge is 0.0796 e. The lowest BCUT2D eigenvalue weighted by atomic mass is 9.84. The van der Waals surface area contributed by atoms with Crippen LogP contribution in [0.25, 0.3) is 0 Å². The lowest BCUT2D eigenvalue weighted by Crippen LogP contribution is -2.43. The quantitative estimate of drug-likeness (QED) is 0.641. The second-order valence-corrected chi connectivity index (χ2v) is 12.5. The van der Waals surface area contributed by atoms with E-state index in [0.29, 0.717) is 12.2 Å². The highest BCUT2D eigenvalue weighted by atomic mass is 35.5. The molecule has 0 amide bonds. The largest absolute Gasteiger partial charge is 0.371 e. The van der Waals surface area contributed by atoms with Crippen molar-refractivity contribution in [1.82, 2.24) is 0 Å². The van der Waals surface area contributed by atoms with Crippen LogP contribution in [-0.4, -0.2) is 20.3 Å². The van der Waals surface area contributed by atoms with Gasteiger partial charge >= 0.3 is 0 Å². The SMILES string of the molecule is C[C@H]1CC(Cl)=C([Si](C)(C)C)[C@H](C2CCCCC2)O1. The maximum absolute atomic E-state index is 6.61. The summed E-state index contributed by atoms with van der Waals surface area (Å²) in [5.74, 6) is 0.719. The van der Waals surface area contributed by atoms with Gasteiger partial charge < -0.3 is 4.74 Å². The molecule has 1 nitrogen and oxygen atoms in total. The van der Waals surface area contributed by atoms with E-state index in [4.69, 9.17) is 16.3 Å². The van der Waals surface area contributed by atoms with Gasteiger partial charge in [0.15, 0.2) is 0 Å². The summed E-state index contributed by atoms with van der Waals surface area (Å²) >= 11 is 6.61. The fourth-order valence-corrected chi connectivity index (χ4v) is 6.75. The molecule has 3 heteroatoms. The van der Waals surface area contributed by atoms with Gasteiger partial charge in [-0.2, -0.15) is 0 Å². The molecule has 0 unspecified atom stereocenters. The molecule has 1 heterocycles. The second-order valence-electron chi connectivity index (χ2n) is 7.04. The molecular formula is C15H27ClOSi. The summed E-state index contributed by atoms with van der Waals surface area (Å²) in [6.07, 6.45) is 8.34. The minimum Gasteiger partial charge on any atom is -0.371 e. The molecule has 0 bridgehead atoms. The Kier molecular flexibility index (Phi) is 4.61. The summed E-state index contributed by atoms with van der Waals surface area (Å²) in [7, 11) is -1.37. The molecule has 104 valence electrons. The number of hydrogen-bond acceptors (Lipinski definition) is 1. The Morgan fingerprint density at radius 2 is 1.72 bits per heavy atom. The van der Waals surface area contributed by atoms with Gasteiger partial charge in [0.2, 0.25) is 0 Å². The van der Waals surface area contributed by atoms with Crippen LogP contribution in [0.3, 0.4) is 0 Å². The predicted octanol–water partition coefficient (Wildman–Crippen LogP) is 5.11.